The van der Waals surface area contributed by atoms with Crippen LogP contribution in [-0.2, 0) is 22.7 Å². The van der Waals surface area contributed by atoms with Crippen molar-refractivity contribution in [2.45, 2.75) is 40.8 Å². The van der Waals surface area contributed by atoms with Gasteiger partial charge in [0.2, 0.25) is 11.8 Å². The average molecular weight is 445 g/mol. The normalized spacial score (nSPS) is 11.0. The van der Waals surface area contributed by atoms with Crippen LogP contribution in [0.25, 0.3) is 6.08 Å². The fourth-order valence-corrected chi connectivity index (χ4v) is 3.64. The Hall–Kier alpha value is -3.67. The standard InChI is InChI=1S/C27H32N4O2/c1-5-30(18-23-9-7-6-8-10-23)27(33)17-28-26(32)16-15-25-21(3)29-31(22(25)4)19-24-13-11-20(2)12-14-24/h6-16H,5,17-19H2,1-4H3,(H,28,32)/b16-15+. The molecular formula is C27H32N4O2. The van der Waals surface area contributed by atoms with E-state index in [4.69, 9.17) is 0 Å². The third-order valence-electron chi connectivity index (χ3n) is 5.66. The van der Waals surface area contributed by atoms with Crippen LogP contribution in [0.1, 0.15) is 40.6 Å². The maximum absolute atomic E-state index is 12.5. The molecule has 1 N–H and O–H groups in total. The lowest BCUT2D eigenvalue weighted by molar-refractivity contribution is -0.132. The Morgan fingerprint density at radius 2 is 1.70 bits per heavy atom. The first kappa shape index (κ1) is 24.0. The summed E-state index contributed by atoms with van der Waals surface area (Å²) in [7, 11) is 0. The Kier molecular flexibility index (Phi) is 8.19. The molecule has 0 atom stereocenters. The molecule has 0 aliphatic carbocycles. The van der Waals surface area contributed by atoms with Crippen molar-refractivity contribution < 1.29 is 9.59 Å². The molecule has 33 heavy (non-hydrogen) atoms. The number of carbonyl (C=O) groups is 2. The van der Waals surface area contributed by atoms with Gasteiger partial charge in [0, 0.05) is 30.4 Å². The summed E-state index contributed by atoms with van der Waals surface area (Å²) < 4.78 is 1.95. The first-order chi connectivity index (χ1) is 15.9. The molecule has 172 valence electrons. The average Bonchev–Trinajstić information content (AvgIpc) is 3.08. The number of carbonyl (C=O) groups excluding carboxylic acids is 2. The summed E-state index contributed by atoms with van der Waals surface area (Å²) in [5.41, 5.74) is 6.24. The molecule has 0 radical (unpaired) electrons. The number of nitrogens with one attached hydrogen (secondary N) is 1. The van der Waals surface area contributed by atoms with Gasteiger partial charge in [-0.15, -0.1) is 0 Å². The number of likely N-dealkylation sites (N-methyl/N-ethyl adjacent to an activating group) is 1. The van der Waals surface area contributed by atoms with Crippen molar-refractivity contribution in [3.63, 3.8) is 0 Å². The zero-order chi connectivity index (χ0) is 23.8. The predicted octanol–water partition coefficient (Wildman–Crippen LogP) is 4.03. The van der Waals surface area contributed by atoms with Crippen molar-refractivity contribution in [3.8, 4) is 0 Å². The molecule has 2 aromatic carbocycles. The number of hydrogen-bond donors (Lipinski definition) is 1. The lowest BCUT2D eigenvalue weighted by atomic mass is 10.1. The van der Waals surface area contributed by atoms with Gasteiger partial charge < -0.3 is 10.2 Å². The van der Waals surface area contributed by atoms with Crippen LogP contribution in [-0.4, -0.2) is 39.6 Å². The fraction of sp³-hybridized carbons (Fsp3) is 0.296. The Bertz CT molecular complexity index is 1120. The third-order valence-corrected chi connectivity index (χ3v) is 5.66. The highest BCUT2D eigenvalue weighted by Crippen LogP contribution is 2.16. The van der Waals surface area contributed by atoms with Gasteiger partial charge in [-0.3, -0.25) is 14.3 Å². The highest BCUT2D eigenvalue weighted by molar-refractivity contribution is 5.94. The minimum atomic E-state index is -0.302. The van der Waals surface area contributed by atoms with E-state index in [-0.39, 0.29) is 18.4 Å². The van der Waals surface area contributed by atoms with E-state index in [0.29, 0.717) is 19.6 Å². The molecule has 0 saturated heterocycles. The number of aromatic nitrogens is 2. The second kappa shape index (κ2) is 11.3. The molecular weight excluding hydrogens is 412 g/mol. The Balaban J connectivity index is 1.57. The Morgan fingerprint density at radius 1 is 1.00 bits per heavy atom. The van der Waals surface area contributed by atoms with Crippen molar-refractivity contribution >= 4 is 17.9 Å². The lowest BCUT2D eigenvalue weighted by Crippen LogP contribution is -2.39. The molecule has 2 amide bonds. The SMILES string of the molecule is CCN(Cc1ccccc1)C(=O)CNC(=O)/C=C/c1c(C)nn(Cc2ccc(C)cc2)c1C. The number of nitrogens with zero attached hydrogens (tertiary/aromatic N) is 3. The molecule has 3 rings (SSSR count). The van der Waals surface area contributed by atoms with Gasteiger partial charge in [-0.05, 0) is 44.9 Å². The third kappa shape index (κ3) is 6.65. The van der Waals surface area contributed by atoms with Crippen LogP contribution in [0.5, 0.6) is 0 Å². The first-order valence-electron chi connectivity index (χ1n) is 11.2. The topological polar surface area (TPSA) is 67.2 Å². The molecule has 0 unspecified atom stereocenters. The Labute approximate surface area is 195 Å². The second-order valence-corrected chi connectivity index (χ2v) is 8.17. The number of amides is 2. The summed E-state index contributed by atoms with van der Waals surface area (Å²) in [5.74, 6) is -0.411. The quantitative estimate of drug-likeness (QED) is 0.507. The van der Waals surface area contributed by atoms with Gasteiger partial charge in [-0.1, -0.05) is 60.2 Å². The summed E-state index contributed by atoms with van der Waals surface area (Å²) in [4.78, 5) is 26.6. The molecule has 0 saturated carbocycles. The van der Waals surface area contributed by atoms with Gasteiger partial charge in [0.1, 0.15) is 0 Å². The van der Waals surface area contributed by atoms with Crippen LogP contribution in [0, 0.1) is 20.8 Å². The molecule has 0 aliphatic rings. The van der Waals surface area contributed by atoms with Crippen LogP contribution >= 0.6 is 0 Å². The van der Waals surface area contributed by atoms with Crippen molar-refractivity contribution in [1.82, 2.24) is 20.0 Å². The fourth-order valence-electron chi connectivity index (χ4n) is 3.64. The summed E-state index contributed by atoms with van der Waals surface area (Å²) >= 11 is 0. The number of hydrogen-bond acceptors (Lipinski definition) is 3. The highest BCUT2D eigenvalue weighted by atomic mass is 16.2. The van der Waals surface area contributed by atoms with E-state index in [1.54, 1.807) is 11.0 Å². The Morgan fingerprint density at radius 3 is 2.36 bits per heavy atom. The molecule has 0 bridgehead atoms. The largest absolute Gasteiger partial charge is 0.343 e. The van der Waals surface area contributed by atoms with Gasteiger partial charge in [0.15, 0.2) is 0 Å². The summed E-state index contributed by atoms with van der Waals surface area (Å²) in [6.45, 7) is 9.68. The second-order valence-electron chi connectivity index (χ2n) is 8.17. The van der Waals surface area contributed by atoms with Gasteiger partial charge in [-0.2, -0.15) is 5.10 Å². The summed E-state index contributed by atoms with van der Waals surface area (Å²) in [6.07, 6.45) is 3.23. The van der Waals surface area contributed by atoms with Gasteiger partial charge in [-0.25, -0.2) is 0 Å². The van der Waals surface area contributed by atoms with Crippen molar-refractivity contribution in [2.24, 2.45) is 0 Å². The van der Waals surface area contributed by atoms with E-state index in [9.17, 15) is 9.59 Å². The highest BCUT2D eigenvalue weighted by Gasteiger charge is 2.13. The lowest BCUT2D eigenvalue weighted by Gasteiger charge is -2.21. The van der Waals surface area contributed by atoms with Crippen LogP contribution in [0.2, 0.25) is 0 Å². The molecule has 0 aliphatic heterocycles. The summed E-state index contributed by atoms with van der Waals surface area (Å²) in [5, 5.41) is 7.33. The molecule has 6 nitrogen and oxygen atoms in total. The van der Waals surface area contributed by atoms with Crippen molar-refractivity contribution in [2.75, 3.05) is 13.1 Å². The molecule has 1 heterocycles. The minimum absolute atomic E-state index is 0.0332. The minimum Gasteiger partial charge on any atom is -0.343 e. The maximum atomic E-state index is 12.5. The number of benzene rings is 2. The van der Waals surface area contributed by atoms with Crippen LogP contribution in [0.3, 0.4) is 0 Å². The van der Waals surface area contributed by atoms with E-state index in [0.717, 1.165) is 22.5 Å². The number of aryl methyl sites for hydroxylation is 2. The van der Waals surface area contributed by atoms with E-state index < -0.39 is 0 Å². The molecule has 0 spiro atoms. The van der Waals surface area contributed by atoms with Crippen LogP contribution < -0.4 is 5.32 Å². The van der Waals surface area contributed by atoms with E-state index in [2.05, 4.69) is 41.6 Å². The van der Waals surface area contributed by atoms with E-state index >= 15 is 0 Å². The first-order valence-corrected chi connectivity index (χ1v) is 11.2. The molecule has 0 fully saturated rings. The van der Waals surface area contributed by atoms with Gasteiger partial charge >= 0.3 is 0 Å². The summed E-state index contributed by atoms with van der Waals surface area (Å²) in [6, 6.07) is 18.2. The zero-order valence-electron chi connectivity index (χ0n) is 19.8. The van der Waals surface area contributed by atoms with Gasteiger partial charge in [0.05, 0.1) is 18.8 Å². The molecule has 1 aromatic heterocycles. The van der Waals surface area contributed by atoms with Crippen LogP contribution in [0.15, 0.2) is 60.7 Å². The predicted molar refractivity (Wildman–Crippen MR) is 132 cm³/mol. The van der Waals surface area contributed by atoms with E-state index in [1.165, 1.54) is 17.2 Å². The monoisotopic (exact) mass is 444 g/mol. The smallest absolute Gasteiger partial charge is 0.244 e. The van der Waals surface area contributed by atoms with Gasteiger partial charge in [0.25, 0.3) is 0 Å². The van der Waals surface area contributed by atoms with Crippen molar-refractivity contribution in [1.29, 1.82) is 0 Å². The van der Waals surface area contributed by atoms with Crippen molar-refractivity contribution in [3.05, 3.63) is 94.3 Å². The number of rotatable bonds is 9. The maximum Gasteiger partial charge on any atom is 0.244 e. The molecule has 6 heteroatoms. The zero-order valence-corrected chi connectivity index (χ0v) is 19.8. The van der Waals surface area contributed by atoms with E-state index in [1.807, 2.05) is 55.8 Å². The van der Waals surface area contributed by atoms with Crippen LogP contribution in [0.4, 0.5) is 0 Å². The molecule has 3 aromatic rings.